The van der Waals surface area contributed by atoms with Gasteiger partial charge in [-0.15, -0.1) is 0 Å². The van der Waals surface area contributed by atoms with Gasteiger partial charge in [0, 0.05) is 0 Å². The predicted molar refractivity (Wildman–Crippen MR) is 125 cm³/mol. The summed E-state index contributed by atoms with van der Waals surface area (Å²) < 4.78 is 67.0. The van der Waals surface area contributed by atoms with E-state index in [1.54, 1.807) is 24.3 Å². The van der Waals surface area contributed by atoms with E-state index < -0.39 is 42.0 Å². The Morgan fingerprint density at radius 3 is 1.66 bits per heavy atom. The first-order chi connectivity index (χ1) is 14.7. The molecule has 1 radical (unpaired) electrons. The molecule has 0 amide bonds. The molecule has 1 unspecified atom stereocenters. The maximum absolute atomic E-state index is 12.8. The second-order valence-corrected chi connectivity index (χ2v) is 14.7. The van der Waals surface area contributed by atoms with Gasteiger partial charge in [0.25, 0.3) is 20.2 Å². The van der Waals surface area contributed by atoms with Gasteiger partial charge in [0.05, 0.1) is 23.0 Å². The molecular formula is C22H31O7S2Si. The van der Waals surface area contributed by atoms with Crippen LogP contribution >= 0.6 is 0 Å². The molecule has 0 bridgehead atoms. The molecule has 2 aromatic rings. The van der Waals surface area contributed by atoms with Crippen molar-refractivity contribution in [3.05, 3.63) is 59.7 Å². The van der Waals surface area contributed by atoms with Crippen LogP contribution in [0, 0.1) is 13.8 Å². The fraction of sp³-hybridized carbons (Fsp3) is 0.455. The summed E-state index contributed by atoms with van der Waals surface area (Å²) in [5, 5.41) is -0.0973. The molecule has 0 aliphatic rings. The standard InChI is InChI=1S/C22H31O7S2Si/c1-17-7-11-20(12-8-17)30(23,24)27-15-19(16-28-32(6)22(3,4)5)29-31(25,26)21-13-9-18(2)10-14-21/h7-14,19H,15-16H2,1-6H3. The lowest BCUT2D eigenvalue weighted by molar-refractivity contribution is 0.0860. The summed E-state index contributed by atoms with van der Waals surface area (Å²) >= 11 is 0. The second kappa shape index (κ2) is 10.6. The first-order valence-corrected chi connectivity index (χ1v) is 14.9. The fourth-order valence-electron chi connectivity index (χ4n) is 2.42. The molecular weight excluding hydrogens is 468 g/mol. The van der Waals surface area contributed by atoms with Gasteiger partial charge in [0.15, 0.2) is 0 Å². The highest BCUT2D eigenvalue weighted by Crippen LogP contribution is 2.27. The lowest BCUT2D eigenvalue weighted by atomic mass is 10.2. The Balaban J connectivity index is 2.19. The van der Waals surface area contributed by atoms with Crippen LogP contribution in [0.2, 0.25) is 11.6 Å². The van der Waals surface area contributed by atoms with Gasteiger partial charge in [-0.2, -0.15) is 16.8 Å². The van der Waals surface area contributed by atoms with Crippen molar-refractivity contribution < 1.29 is 29.6 Å². The highest BCUT2D eigenvalue weighted by Gasteiger charge is 2.29. The SMILES string of the molecule is Cc1ccc(S(=O)(=O)OCC(CO[Si](C)C(C)(C)C)OS(=O)(=O)c2ccc(C)cc2)cc1. The van der Waals surface area contributed by atoms with E-state index in [9.17, 15) is 16.8 Å². The Hall–Kier alpha value is -1.56. The molecule has 0 spiro atoms. The third-order valence-electron chi connectivity index (χ3n) is 4.83. The number of benzene rings is 2. The average Bonchev–Trinajstić information content (AvgIpc) is 2.69. The maximum Gasteiger partial charge on any atom is 0.297 e. The van der Waals surface area contributed by atoms with Crippen LogP contribution in [0.25, 0.3) is 0 Å². The van der Waals surface area contributed by atoms with E-state index >= 15 is 0 Å². The summed E-state index contributed by atoms with van der Waals surface area (Å²) in [5.74, 6) is 0. The van der Waals surface area contributed by atoms with Gasteiger partial charge >= 0.3 is 0 Å². The molecule has 0 saturated heterocycles. The first kappa shape index (κ1) is 26.7. The Morgan fingerprint density at radius 2 is 1.22 bits per heavy atom. The van der Waals surface area contributed by atoms with E-state index in [4.69, 9.17) is 12.8 Å². The van der Waals surface area contributed by atoms with Crippen LogP contribution < -0.4 is 0 Å². The molecule has 1 atom stereocenters. The zero-order valence-corrected chi connectivity index (χ0v) is 21.9. The lowest BCUT2D eigenvalue weighted by Crippen LogP contribution is -2.35. The molecule has 7 nitrogen and oxygen atoms in total. The molecule has 0 aliphatic carbocycles. The Morgan fingerprint density at radius 1 is 0.781 bits per heavy atom. The maximum atomic E-state index is 12.8. The quantitative estimate of drug-likeness (QED) is 0.357. The van der Waals surface area contributed by atoms with E-state index in [0.29, 0.717) is 0 Å². The molecule has 0 aliphatic heterocycles. The van der Waals surface area contributed by atoms with Crippen LogP contribution in [0.4, 0.5) is 0 Å². The Labute approximate surface area is 193 Å². The van der Waals surface area contributed by atoms with E-state index in [2.05, 4.69) is 0 Å². The fourth-order valence-corrected chi connectivity index (χ4v) is 5.27. The summed E-state index contributed by atoms with van der Waals surface area (Å²) in [6, 6.07) is 12.4. The third kappa shape index (κ3) is 7.79. The van der Waals surface area contributed by atoms with Gasteiger partial charge in [0.1, 0.15) is 6.10 Å². The summed E-state index contributed by atoms with van der Waals surface area (Å²) in [6.45, 7) is 11.1. The highest BCUT2D eigenvalue weighted by molar-refractivity contribution is 7.87. The molecule has 10 heteroatoms. The summed E-state index contributed by atoms with van der Waals surface area (Å²) in [6.07, 6.45) is -1.14. The van der Waals surface area contributed by atoms with Gasteiger partial charge in [-0.3, -0.25) is 8.37 Å². The van der Waals surface area contributed by atoms with Gasteiger partial charge in [-0.05, 0) is 49.7 Å². The molecule has 0 saturated carbocycles. The van der Waals surface area contributed by atoms with Crippen molar-refractivity contribution in [1.29, 1.82) is 0 Å². The topological polar surface area (TPSA) is 96.0 Å². The lowest BCUT2D eigenvalue weighted by Gasteiger charge is -2.27. The van der Waals surface area contributed by atoms with Crippen LogP contribution in [-0.2, 0) is 33.0 Å². The molecule has 0 fully saturated rings. The van der Waals surface area contributed by atoms with Gasteiger partial charge in [-0.1, -0.05) is 56.2 Å². The van der Waals surface area contributed by atoms with Crippen LogP contribution in [0.15, 0.2) is 58.3 Å². The van der Waals surface area contributed by atoms with Crippen molar-refractivity contribution in [2.45, 2.75) is 62.1 Å². The van der Waals surface area contributed by atoms with E-state index in [1.807, 2.05) is 41.2 Å². The van der Waals surface area contributed by atoms with Crippen molar-refractivity contribution in [1.82, 2.24) is 0 Å². The molecule has 0 N–H and O–H groups in total. The minimum Gasteiger partial charge on any atom is -0.414 e. The largest absolute Gasteiger partial charge is 0.414 e. The molecule has 2 rings (SSSR count). The number of rotatable bonds is 10. The summed E-state index contributed by atoms with van der Waals surface area (Å²) in [4.78, 5) is -0.0357. The van der Waals surface area contributed by atoms with E-state index in [1.165, 1.54) is 24.3 Å². The monoisotopic (exact) mass is 499 g/mol. The minimum atomic E-state index is -4.14. The van der Waals surface area contributed by atoms with E-state index in [-0.39, 0.29) is 21.4 Å². The Bertz CT molecular complexity index is 1090. The van der Waals surface area contributed by atoms with Gasteiger partial charge in [-0.25, -0.2) is 0 Å². The van der Waals surface area contributed by atoms with Crippen molar-refractivity contribution in [3.63, 3.8) is 0 Å². The number of aryl methyl sites for hydroxylation is 2. The predicted octanol–water partition coefficient (Wildman–Crippen LogP) is 4.22. The van der Waals surface area contributed by atoms with Crippen molar-refractivity contribution in [2.75, 3.05) is 13.2 Å². The minimum absolute atomic E-state index is 0.0147. The molecule has 32 heavy (non-hydrogen) atoms. The summed E-state index contributed by atoms with van der Waals surface area (Å²) in [5.41, 5.74) is 1.81. The smallest absolute Gasteiger partial charge is 0.297 e. The molecule has 177 valence electrons. The molecule has 2 aromatic carbocycles. The second-order valence-electron chi connectivity index (χ2n) is 8.65. The van der Waals surface area contributed by atoms with Crippen molar-refractivity contribution in [2.24, 2.45) is 0 Å². The van der Waals surface area contributed by atoms with Crippen molar-refractivity contribution >= 4 is 29.3 Å². The van der Waals surface area contributed by atoms with Gasteiger partial charge in [0.2, 0.25) is 9.04 Å². The first-order valence-electron chi connectivity index (χ1n) is 10.1. The van der Waals surface area contributed by atoms with Crippen LogP contribution in [0.1, 0.15) is 31.9 Å². The van der Waals surface area contributed by atoms with Crippen LogP contribution in [0.5, 0.6) is 0 Å². The normalized spacial score (nSPS) is 14.0. The molecule has 0 aromatic heterocycles. The number of hydrogen-bond donors (Lipinski definition) is 0. The van der Waals surface area contributed by atoms with Crippen molar-refractivity contribution in [3.8, 4) is 0 Å². The summed E-state index contributed by atoms with van der Waals surface area (Å²) in [7, 11) is -9.54. The third-order valence-corrected chi connectivity index (χ3v) is 10.2. The van der Waals surface area contributed by atoms with Crippen LogP contribution in [0.3, 0.4) is 0 Å². The van der Waals surface area contributed by atoms with Gasteiger partial charge < -0.3 is 4.43 Å². The zero-order chi connectivity index (χ0) is 24.2. The number of hydrogen-bond acceptors (Lipinski definition) is 7. The average molecular weight is 500 g/mol. The zero-order valence-electron chi connectivity index (χ0n) is 19.3. The molecule has 0 heterocycles. The highest BCUT2D eigenvalue weighted by atomic mass is 32.2. The Kier molecular flexibility index (Phi) is 8.82. The van der Waals surface area contributed by atoms with E-state index in [0.717, 1.165) is 11.1 Å². The van der Waals surface area contributed by atoms with Crippen LogP contribution in [-0.4, -0.2) is 45.2 Å².